The minimum Gasteiger partial charge on any atom is -0.269 e. The molecular weight excluding hydrogens is 378 g/mol. The zero-order valence-corrected chi connectivity index (χ0v) is 13.7. The smallest absolute Gasteiger partial charge is 0.123 e. The first-order chi connectivity index (χ1) is 10.1. The van der Waals surface area contributed by atoms with Gasteiger partial charge in [-0.2, -0.15) is 0 Å². The van der Waals surface area contributed by atoms with Crippen molar-refractivity contribution in [3.05, 3.63) is 69.0 Å². The Kier molecular flexibility index (Phi) is 3.11. The van der Waals surface area contributed by atoms with Gasteiger partial charge in [0.05, 0.1) is 17.8 Å². The SMILES string of the molecule is C[C@@H]1N=C(c2ccc(I)cc2)[C@@H]2[C@@H](c3ccc(F)cc3)N12. The Bertz CT molecular complexity index is 709. The van der Waals surface area contributed by atoms with E-state index in [4.69, 9.17) is 4.99 Å². The van der Waals surface area contributed by atoms with Crippen LogP contribution in [-0.4, -0.2) is 22.8 Å². The summed E-state index contributed by atoms with van der Waals surface area (Å²) in [5, 5.41) is 0. The molecule has 1 fully saturated rings. The number of hydrogen-bond donors (Lipinski definition) is 0. The Hall–Kier alpha value is -1.27. The number of hydrogen-bond acceptors (Lipinski definition) is 2. The highest BCUT2D eigenvalue weighted by atomic mass is 127. The van der Waals surface area contributed by atoms with Crippen LogP contribution >= 0.6 is 22.6 Å². The Labute approximate surface area is 136 Å². The first-order valence-corrected chi connectivity index (χ1v) is 8.09. The van der Waals surface area contributed by atoms with E-state index in [1.54, 1.807) is 0 Å². The van der Waals surface area contributed by atoms with Crippen molar-refractivity contribution in [3.63, 3.8) is 0 Å². The van der Waals surface area contributed by atoms with E-state index in [1.165, 1.54) is 26.8 Å². The molecule has 0 amide bonds. The maximum atomic E-state index is 13.1. The average molecular weight is 392 g/mol. The van der Waals surface area contributed by atoms with Crippen LogP contribution in [0.3, 0.4) is 0 Å². The molecule has 21 heavy (non-hydrogen) atoms. The molecule has 1 unspecified atom stereocenters. The van der Waals surface area contributed by atoms with Crippen LogP contribution in [0.5, 0.6) is 0 Å². The van der Waals surface area contributed by atoms with Crippen LogP contribution in [0.4, 0.5) is 4.39 Å². The Morgan fingerprint density at radius 2 is 1.67 bits per heavy atom. The van der Waals surface area contributed by atoms with Gasteiger partial charge >= 0.3 is 0 Å². The highest BCUT2D eigenvalue weighted by Crippen LogP contribution is 2.50. The molecule has 4 rings (SSSR count). The van der Waals surface area contributed by atoms with Gasteiger partial charge in [0, 0.05) is 3.57 Å². The molecule has 4 heteroatoms. The topological polar surface area (TPSA) is 15.4 Å². The van der Waals surface area contributed by atoms with E-state index >= 15 is 0 Å². The largest absolute Gasteiger partial charge is 0.269 e. The van der Waals surface area contributed by atoms with Crippen molar-refractivity contribution >= 4 is 28.3 Å². The fourth-order valence-corrected chi connectivity index (χ4v) is 3.59. The predicted molar refractivity (Wildman–Crippen MR) is 89.9 cm³/mol. The summed E-state index contributed by atoms with van der Waals surface area (Å²) >= 11 is 2.31. The zero-order chi connectivity index (χ0) is 14.6. The molecule has 0 radical (unpaired) electrons. The molecule has 0 bridgehead atoms. The van der Waals surface area contributed by atoms with E-state index in [0.717, 1.165) is 5.71 Å². The molecule has 1 saturated heterocycles. The van der Waals surface area contributed by atoms with Gasteiger partial charge in [0.15, 0.2) is 0 Å². The molecule has 2 aliphatic heterocycles. The Morgan fingerprint density at radius 1 is 1.00 bits per heavy atom. The quantitative estimate of drug-likeness (QED) is 0.557. The van der Waals surface area contributed by atoms with Crippen molar-refractivity contribution in [2.24, 2.45) is 4.99 Å². The average Bonchev–Trinajstić information content (AvgIpc) is 3.13. The molecule has 2 aromatic carbocycles. The summed E-state index contributed by atoms with van der Waals surface area (Å²) in [6, 6.07) is 16.0. The molecule has 0 saturated carbocycles. The summed E-state index contributed by atoms with van der Waals surface area (Å²) in [6.07, 6.45) is 0.194. The predicted octanol–water partition coefficient (Wildman–Crippen LogP) is 4.00. The van der Waals surface area contributed by atoms with Gasteiger partial charge in [0.25, 0.3) is 0 Å². The number of nitrogens with zero attached hydrogens (tertiary/aromatic N) is 2. The van der Waals surface area contributed by atoms with Crippen LogP contribution in [0.15, 0.2) is 53.5 Å². The summed E-state index contributed by atoms with van der Waals surface area (Å²) in [4.78, 5) is 7.15. The normalized spacial score (nSPS) is 30.0. The molecule has 106 valence electrons. The second-order valence-corrected chi connectivity index (χ2v) is 6.79. The van der Waals surface area contributed by atoms with E-state index in [9.17, 15) is 4.39 Å². The van der Waals surface area contributed by atoms with E-state index in [1.807, 2.05) is 12.1 Å². The van der Waals surface area contributed by atoms with E-state index < -0.39 is 0 Å². The first kappa shape index (κ1) is 13.4. The summed E-state index contributed by atoms with van der Waals surface area (Å²) in [5.74, 6) is -0.181. The van der Waals surface area contributed by atoms with E-state index in [-0.39, 0.29) is 12.0 Å². The lowest BCUT2D eigenvalue weighted by Gasteiger charge is -2.09. The highest BCUT2D eigenvalue weighted by molar-refractivity contribution is 14.1. The highest BCUT2D eigenvalue weighted by Gasteiger charge is 2.57. The first-order valence-electron chi connectivity index (χ1n) is 7.02. The van der Waals surface area contributed by atoms with Crippen LogP contribution in [0.25, 0.3) is 0 Å². The van der Waals surface area contributed by atoms with Gasteiger partial charge in [-0.1, -0.05) is 24.3 Å². The van der Waals surface area contributed by atoms with Crippen molar-refractivity contribution < 1.29 is 4.39 Å². The third kappa shape index (κ3) is 2.21. The van der Waals surface area contributed by atoms with Crippen molar-refractivity contribution in [1.82, 2.24) is 4.90 Å². The minimum absolute atomic E-state index is 0.181. The Balaban J connectivity index is 1.65. The molecule has 0 N–H and O–H groups in total. The van der Waals surface area contributed by atoms with Gasteiger partial charge in [-0.3, -0.25) is 9.89 Å². The summed E-state index contributed by atoms with van der Waals surface area (Å²) in [7, 11) is 0. The van der Waals surface area contributed by atoms with Crippen molar-refractivity contribution in [1.29, 1.82) is 0 Å². The standard InChI is InChI=1S/C17H14FIN2/c1-10-20-15(11-4-8-14(19)9-5-11)17-16(21(10)17)12-2-6-13(18)7-3-12/h2-10,16-17H,1H3/t10-,16-,17-,21?/m1/s1. The van der Waals surface area contributed by atoms with Gasteiger partial charge in [0.1, 0.15) is 12.0 Å². The van der Waals surface area contributed by atoms with Crippen LogP contribution in [-0.2, 0) is 0 Å². The zero-order valence-electron chi connectivity index (χ0n) is 11.5. The van der Waals surface area contributed by atoms with Gasteiger partial charge in [-0.15, -0.1) is 0 Å². The van der Waals surface area contributed by atoms with Gasteiger partial charge in [-0.25, -0.2) is 4.39 Å². The lowest BCUT2D eigenvalue weighted by Crippen LogP contribution is -2.09. The molecule has 2 heterocycles. The molecule has 0 spiro atoms. The number of rotatable bonds is 2. The second-order valence-electron chi connectivity index (χ2n) is 5.54. The number of halogens is 2. The Morgan fingerprint density at radius 3 is 2.33 bits per heavy atom. The summed E-state index contributed by atoms with van der Waals surface area (Å²) in [6.45, 7) is 2.12. The summed E-state index contributed by atoms with van der Waals surface area (Å²) in [5.41, 5.74) is 3.53. The maximum absolute atomic E-state index is 13.1. The molecule has 4 atom stereocenters. The second kappa shape index (κ2) is 4.88. The van der Waals surface area contributed by atoms with Crippen LogP contribution in [0, 0.1) is 9.39 Å². The lowest BCUT2D eigenvalue weighted by molar-refractivity contribution is 0.419. The van der Waals surface area contributed by atoms with Crippen LogP contribution < -0.4 is 0 Å². The lowest BCUT2D eigenvalue weighted by atomic mass is 10.0. The molecule has 0 aromatic heterocycles. The van der Waals surface area contributed by atoms with Gasteiger partial charge < -0.3 is 0 Å². The van der Waals surface area contributed by atoms with Crippen molar-refractivity contribution in [2.75, 3.05) is 0 Å². The fourth-order valence-electron chi connectivity index (χ4n) is 3.23. The van der Waals surface area contributed by atoms with Gasteiger partial charge in [-0.05, 0) is 64.9 Å². The van der Waals surface area contributed by atoms with Crippen LogP contribution in [0.2, 0.25) is 0 Å². The summed E-state index contributed by atoms with van der Waals surface area (Å²) < 4.78 is 14.3. The number of benzene rings is 2. The number of fused-ring (bicyclic) bond motifs is 1. The molecule has 2 aromatic rings. The maximum Gasteiger partial charge on any atom is 0.123 e. The monoisotopic (exact) mass is 392 g/mol. The molecule has 2 nitrogen and oxygen atoms in total. The number of aliphatic imine (C=N–C) groups is 1. The van der Waals surface area contributed by atoms with E-state index in [0.29, 0.717) is 12.1 Å². The van der Waals surface area contributed by atoms with E-state index in [2.05, 4.69) is 58.7 Å². The molecule has 0 aliphatic carbocycles. The fraction of sp³-hybridized carbons (Fsp3) is 0.235. The third-order valence-corrected chi connectivity index (χ3v) is 4.96. The third-order valence-electron chi connectivity index (χ3n) is 4.24. The van der Waals surface area contributed by atoms with Gasteiger partial charge in [0.2, 0.25) is 0 Å². The molecular formula is C17H14FIN2. The van der Waals surface area contributed by atoms with Crippen molar-refractivity contribution in [2.45, 2.75) is 25.2 Å². The molecule has 2 aliphatic rings. The van der Waals surface area contributed by atoms with Crippen LogP contribution in [0.1, 0.15) is 24.1 Å². The van der Waals surface area contributed by atoms with Crippen molar-refractivity contribution in [3.8, 4) is 0 Å². The minimum atomic E-state index is -0.181.